The van der Waals surface area contributed by atoms with Gasteiger partial charge in [-0.25, -0.2) is 4.31 Å². The highest BCUT2D eigenvalue weighted by molar-refractivity contribution is 7.85. The summed E-state index contributed by atoms with van der Waals surface area (Å²) in [6.45, 7) is 3.82. The number of carbonyl (C=O) groups is 1. The van der Waals surface area contributed by atoms with Crippen molar-refractivity contribution in [2.45, 2.75) is 25.6 Å². The average molecular weight is 364 g/mol. The van der Waals surface area contributed by atoms with E-state index >= 15 is 0 Å². The predicted octanol–water partition coefficient (Wildman–Crippen LogP) is 1.65. The zero-order chi connectivity index (χ0) is 17.4. The summed E-state index contributed by atoms with van der Waals surface area (Å²) in [6, 6.07) is 4.61. The van der Waals surface area contributed by atoms with E-state index in [1.165, 1.54) is 13.2 Å². The molecule has 1 amide bonds. The van der Waals surface area contributed by atoms with Crippen molar-refractivity contribution >= 4 is 27.8 Å². The molecule has 0 aromatic heterocycles. The molecule has 128 valence electrons. The van der Waals surface area contributed by atoms with Crippen LogP contribution in [0.1, 0.15) is 19.4 Å². The van der Waals surface area contributed by atoms with Crippen LogP contribution in [-0.2, 0) is 25.3 Å². The summed E-state index contributed by atoms with van der Waals surface area (Å²) in [5.74, 6) is -0.571. The molecule has 0 N–H and O–H groups in total. The summed E-state index contributed by atoms with van der Waals surface area (Å²) in [5, 5.41) is 0. The molecule has 0 spiro atoms. The van der Waals surface area contributed by atoms with Crippen LogP contribution in [0.2, 0.25) is 0 Å². The van der Waals surface area contributed by atoms with E-state index in [0.717, 1.165) is 12.6 Å². The highest BCUT2D eigenvalue weighted by atomic mass is 35.5. The Morgan fingerprint density at radius 2 is 2.09 bits per heavy atom. The number of hydrogen-bond acceptors (Lipinski definition) is 6. The second kappa shape index (κ2) is 6.18. The fourth-order valence-electron chi connectivity index (χ4n) is 2.29. The Morgan fingerprint density at radius 3 is 2.65 bits per heavy atom. The average Bonchev–Trinajstić information content (AvgIpc) is 2.76. The summed E-state index contributed by atoms with van der Waals surface area (Å²) < 4.78 is 40.5. The number of ether oxygens (including phenoxy) is 2. The molecule has 7 nitrogen and oxygen atoms in total. The molecule has 1 aromatic rings. The summed E-state index contributed by atoms with van der Waals surface area (Å²) in [7, 11) is -1.65. The highest BCUT2D eigenvalue weighted by Crippen LogP contribution is 2.44. The molecule has 1 unspecified atom stereocenters. The Hall–Kier alpha value is -1.51. The Bertz CT molecular complexity index is 718. The molecule has 0 fully saturated rings. The van der Waals surface area contributed by atoms with Gasteiger partial charge in [0.25, 0.3) is 5.91 Å². The molecule has 1 aliphatic rings. The Kier molecular flexibility index (Phi) is 4.79. The van der Waals surface area contributed by atoms with Crippen LogP contribution in [0.15, 0.2) is 18.2 Å². The minimum absolute atomic E-state index is 0.0754. The zero-order valence-electron chi connectivity index (χ0n) is 13.2. The van der Waals surface area contributed by atoms with Crippen LogP contribution < -0.4 is 8.92 Å². The number of halogens is 1. The summed E-state index contributed by atoms with van der Waals surface area (Å²) >= 11 is 5.36. The number of methoxy groups -OCH3 is 1. The molecular weight excluding hydrogens is 346 g/mol. The van der Waals surface area contributed by atoms with E-state index in [4.69, 9.17) is 25.3 Å². The maximum absolute atomic E-state index is 12.1. The second-order valence-corrected chi connectivity index (χ2v) is 7.44. The molecule has 1 aliphatic heterocycles. The third-order valence-corrected chi connectivity index (χ3v) is 5.19. The van der Waals surface area contributed by atoms with Gasteiger partial charge in [-0.15, -0.1) is 11.6 Å². The van der Waals surface area contributed by atoms with Crippen molar-refractivity contribution < 1.29 is 26.9 Å². The third kappa shape index (κ3) is 3.24. The minimum Gasteiger partial charge on any atom is -0.464 e. The fourth-order valence-corrected chi connectivity index (χ4v) is 3.31. The molecule has 0 bridgehead atoms. The van der Waals surface area contributed by atoms with E-state index < -0.39 is 33.8 Å². The van der Waals surface area contributed by atoms with E-state index in [0.29, 0.717) is 10.1 Å². The van der Waals surface area contributed by atoms with E-state index in [1.54, 1.807) is 12.1 Å². The number of alkyl halides is 1. The third-order valence-electron chi connectivity index (χ3n) is 3.69. The lowest BCUT2D eigenvalue weighted by Gasteiger charge is -2.24. The SMILES string of the molecule is COC1Oc2ccc(OS(=O)(=O)N(C)C(=O)CCl)cc2C1(C)C. The van der Waals surface area contributed by atoms with Crippen LogP contribution in [-0.4, -0.2) is 45.0 Å². The van der Waals surface area contributed by atoms with Gasteiger partial charge in [0.1, 0.15) is 17.4 Å². The van der Waals surface area contributed by atoms with E-state index in [2.05, 4.69) is 0 Å². The van der Waals surface area contributed by atoms with Gasteiger partial charge in [-0.3, -0.25) is 4.79 Å². The van der Waals surface area contributed by atoms with Crippen LogP contribution in [0, 0.1) is 0 Å². The van der Waals surface area contributed by atoms with Crippen molar-refractivity contribution in [1.29, 1.82) is 0 Å². The molecule has 2 rings (SSSR count). The summed E-state index contributed by atoms with van der Waals surface area (Å²) in [4.78, 5) is 11.4. The van der Waals surface area contributed by atoms with Crippen LogP contribution >= 0.6 is 11.6 Å². The summed E-state index contributed by atoms with van der Waals surface area (Å²) in [6.07, 6.45) is -0.482. The molecule has 23 heavy (non-hydrogen) atoms. The Labute approximate surface area is 140 Å². The van der Waals surface area contributed by atoms with Gasteiger partial charge in [-0.2, -0.15) is 8.42 Å². The first-order chi connectivity index (χ1) is 10.6. The smallest absolute Gasteiger partial charge is 0.411 e. The molecule has 1 atom stereocenters. The first-order valence-corrected chi connectivity index (χ1v) is 8.64. The molecule has 0 saturated carbocycles. The van der Waals surface area contributed by atoms with Gasteiger partial charge in [0.2, 0.25) is 6.29 Å². The quantitative estimate of drug-likeness (QED) is 0.740. The Morgan fingerprint density at radius 1 is 1.43 bits per heavy atom. The van der Waals surface area contributed by atoms with E-state index in [-0.39, 0.29) is 5.75 Å². The lowest BCUT2D eigenvalue weighted by atomic mass is 9.85. The van der Waals surface area contributed by atoms with Crippen molar-refractivity contribution in [2.75, 3.05) is 20.0 Å². The van der Waals surface area contributed by atoms with Crippen molar-refractivity contribution in [3.63, 3.8) is 0 Å². The Balaban J connectivity index is 2.30. The number of hydrogen-bond donors (Lipinski definition) is 0. The number of amides is 1. The molecule has 1 aromatic carbocycles. The van der Waals surface area contributed by atoms with Crippen LogP contribution in [0.3, 0.4) is 0 Å². The molecule has 0 aliphatic carbocycles. The number of rotatable bonds is 5. The fraction of sp³-hybridized carbons (Fsp3) is 0.500. The minimum atomic E-state index is -4.27. The molecule has 0 radical (unpaired) electrons. The lowest BCUT2D eigenvalue weighted by molar-refractivity contribution is -0.123. The van der Waals surface area contributed by atoms with Crippen molar-refractivity contribution in [1.82, 2.24) is 4.31 Å². The molecular formula is C14H18ClNO6S. The van der Waals surface area contributed by atoms with Gasteiger partial charge < -0.3 is 13.7 Å². The number of carbonyl (C=O) groups excluding carboxylic acids is 1. The van der Waals surface area contributed by atoms with Gasteiger partial charge in [-0.05, 0) is 32.0 Å². The predicted molar refractivity (Wildman–Crippen MR) is 83.9 cm³/mol. The highest BCUT2D eigenvalue weighted by Gasteiger charge is 2.42. The first kappa shape index (κ1) is 17.8. The number of nitrogens with zero attached hydrogens (tertiary/aromatic N) is 1. The van der Waals surface area contributed by atoms with Crippen LogP contribution in [0.5, 0.6) is 11.5 Å². The van der Waals surface area contributed by atoms with Crippen LogP contribution in [0.4, 0.5) is 0 Å². The zero-order valence-corrected chi connectivity index (χ0v) is 14.8. The first-order valence-electron chi connectivity index (χ1n) is 6.74. The van der Waals surface area contributed by atoms with Crippen molar-refractivity contribution in [2.24, 2.45) is 0 Å². The number of fused-ring (bicyclic) bond motifs is 1. The van der Waals surface area contributed by atoms with E-state index in [1.807, 2.05) is 13.8 Å². The van der Waals surface area contributed by atoms with Gasteiger partial charge in [-0.1, -0.05) is 0 Å². The van der Waals surface area contributed by atoms with Crippen LogP contribution in [0.25, 0.3) is 0 Å². The largest absolute Gasteiger partial charge is 0.464 e. The lowest BCUT2D eigenvalue weighted by Crippen LogP contribution is -2.37. The summed E-state index contributed by atoms with van der Waals surface area (Å²) in [5.41, 5.74) is 0.272. The van der Waals surface area contributed by atoms with Gasteiger partial charge in [0, 0.05) is 19.7 Å². The maximum Gasteiger partial charge on any atom is 0.411 e. The van der Waals surface area contributed by atoms with Gasteiger partial charge in [0.05, 0.1) is 5.41 Å². The monoisotopic (exact) mass is 363 g/mol. The normalized spacial score (nSPS) is 18.9. The molecule has 9 heteroatoms. The molecule has 1 heterocycles. The maximum atomic E-state index is 12.1. The standard InChI is InChI=1S/C14H18ClNO6S/c1-14(2)10-7-9(5-6-11(10)21-13(14)20-4)22-23(18,19)16(3)12(17)8-15/h5-7,13H,8H2,1-4H3. The van der Waals surface area contributed by atoms with E-state index in [9.17, 15) is 13.2 Å². The molecule has 0 saturated heterocycles. The second-order valence-electron chi connectivity index (χ2n) is 5.60. The van der Waals surface area contributed by atoms with Gasteiger partial charge >= 0.3 is 10.3 Å². The van der Waals surface area contributed by atoms with Crippen molar-refractivity contribution in [3.8, 4) is 11.5 Å². The topological polar surface area (TPSA) is 82.1 Å². The van der Waals surface area contributed by atoms with Gasteiger partial charge in [0.15, 0.2) is 0 Å². The van der Waals surface area contributed by atoms with Crippen molar-refractivity contribution in [3.05, 3.63) is 23.8 Å². The number of benzene rings is 1.